The minimum Gasteiger partial charge on any atom is -0.353 e. The van der Waals surface area contributed by atoms with E-state index in [0.717, 1.165) is 4.64 Å². The number of aromatic amines is 1. The van der Waals surface area contributed by atoms with Crippen molar-refractivity contribution >= 4 is 12.2 Å². The van der Waals surface area contributed by atoms with Gasteiger partial charge in [0.2, 0.25) is 0 Å². The summed E-state index contributed by atoms with van der Waals surface area (Å²) >= 11 is 5.17. The summed E-state index contributed by atoms with van der Waals surface area (Å²) in [6.07, 6.45) is 6.05. The number of likely N-dealkylation sites (tertiary alicyclic amines) is 1. The Kier molecular flexibility index (Phi) is 4.00. The summed E-state index contributed by atoms with van der Waals surface area (Å²) < 4.78 is 0.832. The van der Waals surface area contributed by atoms with Gasteiger partial charge in [-0.1, -0.05) is 18.6 Å². The maximum absolute atomic E-state index is 5.17. The number of aryl methyl sites for hydroxylation is 1. The Hall–Kier alpha value is -0.670. The fourth-order valence-corrected chi connectivity index (χ4v) is 3.09. The fraction of sp³-hybridized carbons (Fsp3) is 0.643. The summed E-state index contributed by atoms with van der Waals surface area (Å²) in [4.78, 5) is 5.80. The van der Waals surface area contributed by atoms with Crippen molar-refractivity contribution in [2.75, 3.05) is 6.54 Å². The summed E-state index contributed by atoms with van der Waals surface area (Å²) in [6, 6.07) is 3.26. The third-order valence-corrected chi connectivity index (χ3v) is 3.98. The monoisotopic (exact) mass is 250 g/mol. The van der Waals surface area contributed by atoms with Gasteiger partial charge in [0.15, 0.2) is 0 Å². The molecule has 0 amide bonds. The average Bonchev–Trinajstić information content (AvgIpc) is 2.29. The molecule has 0 bridgehead atoms. The molecule has 0 spiro atoms. The number of aromatic nitrogens is 1. The van der Waals surface area contributed by atoms with Crippen LogP contribution in [0.25, 0.3) is 0 Å². The molecule has 3 heteroatoms. The van der Waals surface area contributed by atoms with Gasteiger partial charge in [-0.3, -0.25) is 4.90 Å². The molecular formula is C14H22N2S. The van der Waals surface area contributed by atoms with Gasteiger partial charge in [0.05, 0.1) is 0 Å². The van der Waals surface area contributed by atoms with Crippen LogP contribution in [0.4, 0.5) is 0 Å². The van der Waals surface area contributed by atoms with E-state index in [1.54, 1.807) is 0 Å². The second kappa shape index (κ2) is 5.32. The molecule has 0 aliphatic carbocycles. The molecule has 2 nitrogen and oxygen atoms in total. The van der Waals surface area contributed by atoms with Crippen LogP contribution in [-0.4, -0.2) is 22.5 Å². The number of piperidine rings is 1. The molecule has 0 radical (unpaired) electrons. The Morgan fingerprint density at radius 3 is 2.82 bits per heavy atom. The van der Waals surface area contributed by atoms with Gasteiger partial charge in [-0.25, -0.2) is 0 Å². The Balaban J connectivity index is 2.32. The van der Waals surface area contributed by atoms with Gasteiger partial charge in [0.25, 0.3) is 0 Å². The van der Waals surface area contributed by atoms with Gasteiger partial charge >= 0.3 is 0 Å². The summed E-state index contributed by atoms with van der Waals surface area (Å²) in [7, 11) is 0. The molecule has 94 valence electrons. The van der Waals surface area contributed by atoms with Gasteiger partial charge in [0, 0.05) is 18.3 Å². The van der Waals surface area contributed by atoms with Gasteiger partial charge in [-0.15, -0.1) is 0 Å². The smallest absolute Gasteiger partial charge is 0.103 e. The zero-order chi connectivity index (χ0) is 12.4. The van der Waals surface area contributed by atoms with E-state index in [4.69, 9.17) is 12.2 Å². The van der Waals surface area contributed by atoms with Crippen molar-refractivity contribution < 1.29 is 0 Å². The van der Waals surface area contributed by atoms with Crippen molar-refractivity contribution in [3.05, 3.63) is 28.0 Å². The molecule has 1 fully saturated rings. The molecule has 1 aromatic rings. The minimum atomic E-state index is 0.565. The lowest BCUT2D eigenvalue weighted by atomic mass is 9.92. The lowest BCUT2D eigenvalue weighted by Crippen LogP contribution is -2.38. The molecule has 1 aliphatic rings. The third kappa shape index (κ3) is 2.78. The SMILES string of the molecule is Cc1cc(=S)[nH]cc1[C@@H]1CCCCN1C(C)C. The van der Waals surface area contributed by atoms with Crippen molar-refractivity contribution in [1.29, 1.82) is 0 Å². The van der Waals surface area contributed by atoms with Crippen LogP contribution in [0, 0.1) is 11.6 Å². The van der Waals surface area contributed by atoms with Crippen molar-refractivity contribution in [2.45, 2.75) is 52.1 Å². The zero-order valence-electron chi connectivity index (χ0n) is 11.0. The molecule has 0 unspecified atom stereocenters. The normalized spacial score (nSPS) is 22.0. The molecule has 2 heterocycles. The number of rotatable bonds is 2. The topological polar surface area (TPSA) is 19.0 Å². The van der Waals surface area contributed by atoms with Gasteiger partial charge < -0.3 is 4.98 Å². The second-order valence-electron chi connectivity index (χ2n) is 5.28. The van der Waals surface area contributed by atoms with Crippen LogP contribution in [0.2, 0.25) is 0 Å². The number of hydrogen-bond acceptors (Lipinski definition) is 2. The van der Waals surface area contributed by atoms with E-state index in [0.29, 0.717) is 12.1 Å². The predicted octanol–water partition coefficient (Wildman–Crippen LogP) is 3.99. The van der Waals surface area contributed by atoms with Crippen molar-refractivity contribution in [3.63, 3.8) is 0 Å². The van der Waals surface area contributed by atoms with Crippen LogP contribution in [-0.2, 0) is 0 Å². The lowest BCUT2D eigenvalue weighted by Gasteiger charge is -2.39. The van der Waals surface area contributed by atoms with Gasteiger partial charge in [-0.2, -0.15) is 0 Å². The predicted molar refractivity (Wildman–Crippen MR) is 74.8 cm³/mol. The van der Waals surface area contributed by atoms with Crippen LogP contribution in [0.3, 0.4) is 0 Å². The molecule has 1 saturated heterocycles. The standard InChI is InChI=1S/C14H22N2S/c1-10(2)16-7-5-4-6-13(16)12-9-15-14(17)8-11(12)3/h8-10,13H,4-7H2,1-3H3,(H,15,17)/t13-/m0/s1. The highest BCUT2D eigenvalue weighted by atomic mass is 32.1. The first kappa shape index (κ1) is 12.8. The van der Waals surface area contributed by atoms with E-state index < -0.39 is 0 Å². The lowest BCUT2D eigenvalue weighted by molar-refractivity contribution is 0.111. The molecule has 2 rings (SSSR count). The number of pyridine rings is 1. The largest absolute Gasteiger partial charge is 0.353 e. The average molecular weight is 250 g/mol. The Morgan fingerprint density at radius 2 is 2.18 bits per heavy atom. The Morgan fingerprint density at radius 1 is 1.41 bits per heavy atom. The fourth-order valence-electron chi connectivity index (χ4n) is 2.85. The molecule has 0 aromatic carbocycles. The maximum Gasteiger partial charge on any atom is 0.103 e. The molecule has 1 aromatic heterocycles. The van der Waals surface area contributed by atoms with E-state index in [2.05, 4.69) is 42.9 Å². The van der Waals surface area contributed by atoms with Crippen LogP contribution in [0.15, 0.2) is 12.3 Å². The molecular weight excluding hydrogens is 228 g/mol. The van der Waals surface area contributed by atoms with Crippen molar-refractivity contribution in [2.24, 2.45) is 0 Å². The number of hydrogen-bond donors (Lipinski definition) is 1. The first-order chi connectivity index (χ1) is 8.09. The minimum absolute atomic E-state index is 0.565. The number of nitrogens with zero attached hydrogens (tertiary/aromatic N) is 1. The van der Waals surface area contributed by atoms with E-state index in [1.165, 1.54) is 36.9 Å². The molecule has 17 heavy (non-hydrogen) atoms. The van der Waals surface area contributed by atoms with Crippen LogP contribution >= 0.6 is 12.2 Å². The molecule has 1 N–H and O–H groups in total. The van der Waals surface area contributed by atoms with E-state index >= 15 is 0 Å². The highest BCUT2D eigenvalue weighted by Gasteiger charge is 2.26. The van der Waals surface area contributed by atoms with Crippen LogP contribution in [0.5, 0.6) is 0 Å². The molecule has 0 saturated carbocycles. The number of H-pyrrole nitrogens is 1. The first-order valence-corrected chi connectivity index (χ1v) is 6.95. The summed E-state index contributed by atoms with van der Waals surface area (Å²) in [5, 5.41) is 0. The van der Waals surface area contributed by atoms with E-state index in [1.807, 2.05) is 0 Å². The molecule has 1 aliphatic heterocycles. The van der Waals surface area contributed by atoms with Crippen molar-refractivity contribution in [1.82, 2.24) is 9.88 Å². The van der Waals surface area contributed by atoms with Gasteiger partial charge in [0.1, 0.15) is 4.64 Å². The Bertz CT molecular complexity index is 436. The summed E-state index contributed by atoms with van der Waals surface area (Å²) in [5.41, 5.74) is 2.75. The number of nitrogens with one attached hydrogen (secondary N) is 1. The van der Waals surface area contributed by atoms with E-state index in [-0.39, 0.29) is 0 Å². The summed E-state index contributed by atoms with van der Waals surface area (Å²) in [5.74, 6) is 0. The quantitative estimate of drug-likeness (QED) is 0.800. The maximum atomic E-state index is 5.17. The van der Waals surface area contributed by atoms with Gasteiger partial charge in [-0.05, 0) is 57.4 Å². The second-order valence-corrected chi connectivity index (χ2v) is 5.72. The first-order valence-electron chi connectivity index (χ1n) is 6.54. The molecule has 1 atom stereocenters. The summed E-state index contributed by atoms with van der Waals surface area (Å²) in [6.45, 7) is 7.97. The van der Waals surface area contributed by atoms with Crippen molar-refractivity contribution in [3.8, 4) is 0 Å². The van der Waals surface area contributed by atoms with Crippen LogP contribution in [0.1, 0.15) is 50.3 Å². The highest BCUT2D eigenvalue weighted by molar-refractivity contribution is 7.71. The highest BCUT2D eigenvalue weighted by Crippen LogP contribution is 2.33. The third-order valence-electron chi connectivity index (χ3n) is 3.74. The Labute approximate surface area is 109 Å². The van der Waals surface area contributed by atoms with E-state index in [9.17, 15) is 0 Å². The zero-order valence-corrected chi connectivity index (χ0v) is 11.8. The van der Waals surface area contributed by atoms with Crippen LogP contribution < -0.4 is 0 Å².